The summed E-state index contributed by atoms with van der Waals surface area (Å²) in [6, 6.07) is 17.8. The molecule has 0 amide bonds. The van der Waals surface area contributed by atoms with Crippen LogP contribution in [0, 0.1) is 0 Å². The first kappa shape index (κ1) is 12.8. The summed E-state index contributed by atoms with van der Waals surface area (Å²) in [5.41, 5.74) is 2.85. The van der Waals surface area contributed by atoms with E-state index in [1.165, 1.54) is 5.56 Å². The molecular formula is C16H13BrO. The van der Waals surface area contributed by atoms with Crippen molar-refractivity contribution in [2.24, 2.45) is 0 Å². The third-order valence-corrected chi connectivity index (χ3v) is 3.40. The van der Waals surface area contributed by atoms with Crippen molar-refractivity contribution >= 4 is 27.8 Å². The molecule has 2 aromatic rings. The largest absolute Gasteiger partial charge is 0.298 e. The van der Waals surface area contributed by atoms with Crippen molar-refractivity contribution < 1.29 is 4.79 Å². The Morgan fingerprint density at radius 2 is 1.67 bits per heavy atom. The lowest BCUT2D eigenvalue weighted by Crippen LogP contribution is -1.89. The van der Waals surface area contributed by atoms with E-state index in [1.807, 2.05) is 48.5 Å². The Labute approximate surface area is 115 Å². The summed E-state index contributed by atoms with van der Waals surface area (Å²) in [7, 11) is 0. The minimum absolute atomic E-state index is 0.714. The van der Waals surface area contributed by atoms with Crippen LogP contribution in [0.1, 0.15) is 11.1 Å². The molecule has 1 nitrogen and oxygen atoms in total. The summed E-state index contributed by atoms with van der Waals surface area (Å²) in [5.74, 6) is 0. The second-order valence-electron chi connectivity index (χ2n) is 3.95. The summed E-state index contributed by atoms with van der Waals surface area (Å²) < 4.78 is 0.941. The van der Waals surface area contributed by atoms with Crippen LogP contribution in [0.2, 0.25) is 0 Å². The SMILES string of the molecule is O=CC(=CCc1ccccc1)c1ccccc1Br. The molecule has 18 heavy (non-hydrogen) atoms. The maximum Gasteiger partial charge on any atom is 0.150 e. The number of aldehydes is 1. The summed E-state index contributed by atoms with van der Waals surface area (Å²) in [4.78, 5) is 11.2. The highest BCUT2D eigenvalue weighted by Crippen LogP contribution is 2.23. The minimum atomic E-state index is 0.714. The van der Waals surface area contributed by atoms with E-state index in [-0.39, 0.29) is 0 Å². The first-order valence-corrected chi connectivity index (χ1v) is 6.54. The highest BCUT2D eigenvalue weighted by atomic mass is 79.9. The Morgan fingerprint density at radius 3 is 2.33 bits per heavy atom. The van der Waals surface area contributed by atoms with Gasteiger partial charge in [0, 0.05) is 10.0 Å². The normalized spacial score (nSPS) is 11.3. The van der Waals surface area contributed by atoms with Crippen LogP contribution in [0.4, 0.5) is 0 Å². The number of carbonyl (C=O) groups is 1. The maximum atomic E-state index is 11.2. The third-order valence-electron chi connectivity index (χ3n) is 2.71. The maximum absolute atomic E-state index is 11.2. The zero-order chi connectivity index (χ0) is 12.8. The molecule has 0 atom stereocenters. The zero-order valence-corrected chi connectivity index (χ0v) is 11.4. The van der Waals surface area contributed by atoms with E-state index in [4.69, 9.17) is 0 Å². The van der Waals surface area contributed by atoms with E-state index < -0.39 is 0 Å². The third kappa shape index (κ3) is 3.17. The van der Waals surface area contributed by atoms with E-state index in [1.54, 1.807) is 0 Å². The van der Waals surface area contributed by atoms with Gasteiger partial charge >= 0.3 is 0 Å². The van der Waals surface area contributed by atoms with Gasteiger partial charge in [0.1, 0.15) is 6.29 Å². The topological polar surface area (TPSA) is 17.1 Å². The van der Waals surface area contributed by atoms with Crippen molar-refractivity contribution in [2.45, 2.75) is 6.42 Å². The summed E-state index contributed by atoms with van der Waals surface area (Å²) in [5, 5.41) is 0. The summed E-state index contributed by atoms with van der Waals surface area (Å²) >= 11 is 3.46. The number of hydrogen-bond donors (Lipinski definition) is 0. The predicted octanol–water partition coefficient (Wildman–Crippen LogP) is 4.27. The van der Waals surface area contributed by atoms with Crippen LogP contribution >= 0.6 is 15.9 Å². The van der Waals surface area contributed by atoms with Gasteiger partial charge in [-0.05, 0) is 23.6 Å². The van der Waals surface area contributed by atoms with Crippen molar-refractivity contribution in [3.05, 3.63) is 76.3 Å². The van der Waals surface area contributed by atoms with Gasteiger partial charge in [-0.3, -0.25) is 4.79 Å². The Balaban J connectivity index is 2.24. The van der Waals surface area contributed by atoms with E-state index in [2.05, 4.69) is 28.1 Å². The van der Waals surface area contributed by atoms with Crippen molar-refractivity contribution in [3.8, 4) is 0 Å². The van der Waals surface area contributed by atoms with Gasteiger partial charge in [-0.1, -0.05) is 70.5 Å². The molecule has 0 unspecified atom stereocenters. The molecule has 0 spiro atoms. The summed E-state index contributed by atoms with van der Waals surface area (Å²) in [6.45, 7) is 0. The fourth-order valence-electron chi connectivity index (χ4n) is 1.76. The molecule has 2 heteroatoms. The van der Waals surface area contributed by atoms with E-state index in [9.17, 15) is 4.79 Å². The van der Waals surface area contributed by atoms with Gasteiger partial charge in [-0.15, -0.1) is 0 Å². The molecule has 0 aliphatic carbocycles. The highest BCUT2D eigenvalue weighted by molar-refractivity contribution is 9.10. The molecule has 0 radical (unpaired) electrons. The van der Waals surface area contributed by atoms with Gasteiger partial charge in [-0.25, -0.2) is 0 Å². The van der Waals surface area contributed by atoms with Gasteiger partial charge in [0.05, 0.1) is 0 Å². The molecule has 0 N–H and O–H groups in total. The Kier molecular flexibility index (Phi) is 4.48. The Morgan fingerprint density at radius 1 is 1.00 bits per heavy atom. The lowest BCUT2D eigenvalue weighted by Gasteiger charge is -2.03. The highest BCUT2D eigenvalue weighted by Gasteiger charge is 2.03. The molecule has 2 aromatic carbocycles. The van der Waals surface area contributed by atoms with Crippen LogP contribution in [-0.4, -0.2) is 6.29 Å². The first-order valence-electron chi connectivity index (χ1n) is 5.75. The molecule has 0 saturated carbocycles. The average Bonchev–Trinajstić information content (AvgIpc) is 2.42. The molecule has 0 aliphatic rings. The second-order valence-corrected chi connectivity index (χ2v) is 4.80. The van der Waals surface area contributed by atoms with E-state index in [0.717, 1.165) is 22.7 Å². The van der Waals surface area contributed by atoms with Crippen LogP contribution < -0.4 is 0 Å². The number of benzene rings is 2. The number of hydrogen-bond acceptors (Lipinski definition) is 1. The molecule has 0 saturated heterocycles. The van der Waals surface area contributed by atoms with Crippen molar-refractivity contribution in [1.29, 1.82) is 0 Å². The number of carbonyl (C=O) groups excluding carboxylic acids is 1. The molecular weight excluding hydrogens is 288 g/mol. The molecule has 0 aliphatic heterocycles. The van der Waals surface area contributed by atoms with Gasteiger partial charge in [0.25, 0.3) is 0 Å². The average molecular weight is 301 g/mol. The van der Waals surface area contributed by atoms with Gasteiger partial charge < -0.3 is 0 Å². The van der Waals surface area contributed by atoms with Crippen LogP contribution in [0.25, 0.3) is 5.57 Å². The lowest BCUT2D eigenvalue weighted by atomic mass is 10.0. The van der Waals surface area contributed by atoms with Crippen molar-refractivity contribution in [2.75, 3.05) is 0 Å². The van der Waals surface area contributed by atoms with Crippen molar-refractivity contribution in [1.82, 2.24) is 0 Å². The minimum Gasteiger partial charge on any atom is -0.298 e. The van der Waals surface area contributed by atoms with Gasteiger partial charge in [-0.2, -0.15) is 0 Å². The van der Waals surface area contributed by atoms with Crippen LogP contribution in [0.5, 0.6) is 0 Å². The fraction of sp³-hybridized carbons (Fsp3) is 0.0625. The number of allylic oxidation sites excluding steroid dienone is 2. The molecule has 0 heterocycles. The molecule has 0 bridgehead atoms. The van der Waals surface area contributed by atoms with Crippen LogP contribution in [-0.2, 0) is 11.2 Å². The molecule has 90 valence electrons. The summed E-state index contributed by atoms with van der Waals surface area (Å²) in [6.07, 6.45) is 3.63. The predicted molar refractivity (Wildman–Crippen MR) is 78.3 cm³/mol. The standard InChI is InChI=1S/C16H13BrO/c17-16-9-5-4-8-15(16)14(12-18)11-10-13-6-2-1-3-7-13/h1-9,11-12H,10H2. The smallest absolute Gasteiger partial charge is 0.150 e. The molecule has 2 rings (SSSR count). The van der Waals surface area contributed by atoms with Crippen LogP contribution in [0.3, 0.4) is 0 Å². The number of halogens is 1. The molecule has 0 fully saturated rings. The van der Waals surface area contributed by atoms with Gasteiger partial charge in [0.15, 0.2) is 0 Å². The van der Waals surface area contributed by atoms with Gasteiger partial charge in [0.2, 0.25) is 0 Å². The zero-order valence-electron chi connectivity index (χ0n) is 9.84. The van der Waals surface area contributed by atoms with Crippen LogP contribution in [0.15, 0.2) is 65.1 Å². The fourth-order valence-corrected chi connectivity index (χ4v) is 2.27. The first-order chi connectivity index (χ1) is 8.81. The monoisotopic (exact) mass is 300 g/mol. The Bertz CT molecular complexity index is 558. The van der Waals surface area contributed by atoms with Crippen molar-refractivity contribution in [3.63, 3.8) is 0 Å². The Hall–Kier alpha value is -1.67. The lowest BCUT2D eigenvalue weighted by molar-refractivity contribution is -0.103. The van der Waals surface area contributed by atoms with E-state index in [0.29, 0.717) is 5.57 Å². The molecule has 0 aromatic heterocycles. The van der Waals surface area contributed by atoms with E-state index >= 15 is 0 Å². The second kappa shape index (κ2) is 6.31. The quantitative estimate of drug-likeness (QED) is 0.608. The number of rotatable bonds is 4.